The first-order valence-electron chi connectivity index (χ1n) is 9.72. The largest absolute Gasteiger partial charge is 0.405 e. The molecule has 0 atom stereocenters. The summed E-state index contributed by atoms with van der Waals surface area (Å²) in [4.78, 5) is 12.9. The molecular formula is C23H29N5O. The van der Waals surface area contributed by atoms with Crippen LogP contribution in [0.4, 0.5) is 11.4 Å². The van der Waals surface area contributed by atoms with Crippen molar-refractivity contribution in [3.63, 3.8) is 0 Å². The van der Waals surface area contributed by atoms with Gasteiger partial charge in [0.15, 0.2) is 0 Å². The summed E-state index contributed by atoms with van der Waals surface area (Å²) in [5.41, 5.74) is 16.6. The van der Waals surface area contributed by atoms with Crippen molar-refractivity contribution in [3.8, 4) is 0 Å². The lowest BCUT2D eigenvalue weighted by Crippen LogP contribution is -2.38. The number of hydrogen-bond acceptors (Lipinski definition) is 5. The second-order valence-electron chi connectivity index (χ2n) is 7.81. The molecule has 0 unspecified atom stereocenters. The van der Waals surface area contributed by atoms with Crippen LogP contribution in [0.15, 0.2) is 66.5 Å². The van der Waals surface area contributed by atoms with Gasteiger partial charge < -0.3 is 27.4 Å². The average molecular weight is 392 g/mol. The molecule has 2 aromatic rings. The third-order valence-electron chi connectivity index (χ3n) is 5.15. The van der Waals surface area contributed by atoms with Crippen LogP contribution in [0.1, 0.15) is 35.3 Å². The van der Waals surface area contributed by atoms with Crippen LogP contribution in [0.25, 0.3) is 0 Å². The van der Waals surface area contributed by atoms with Crippen molar-refractivity contribution in [1.29, 1.82) is 0 Å². The summed E-state index contributed by atoms with van der Waals surface area (Å²) < 4.78 is 0. The minimum absolute atomic E-state index is 0.0822. The molecule has 0 aromatic heterocycles. The molecule has 0 saturated heterocycles. The van der Waals surface area contributed by atoms with E-state index in [1.165, 1.54) is 23.5 Å². The number of nitrogens with one attached hydrogen (secondary N) is 3. The molecule has 2 aromatic carbocycles. The van der Waals surface area contributed by atoms with Gasteiger partial charge in [-0.2, -0.15) is 0 Å². The van der Waals surface area contributed by atoms with Gasteiger partial charge in [-0.15, -0.1) is 0 Å². The number of carbonyl (C=O) groups is 1. The first-order chi connectivity index (χ1) is 13.9. The number of nitrogens with two attached hydrogens (primary N) is 2. The Balaban J connectivity index is 1.76. The number of hydrogen-bond donors (Lipinski definition) is 5. The maximum Gasteiger partial charge on any atom is 0.257 e. The Morgan fingerprint density at radius 3 is 2.76 bits per heavy atom. The van der Waals surface area contributed by atoms with E-state index >= 15 is 0 Å². The summed E-state index contributed by atoms with van der Waals surface area (Å²) in [5, 5.41) is 9.72. The van der Waals surface area contributed by atoms with Crippen molar-refractivity contribution in [1.82, 2.24) is 5.32 Å². The molecular weight excluding hydrogens is 362 g/mol. The van der Waals surface area contributed by atoms with E-state index in [1.54, 1.807) is 12.1 Å². The highest BCUT2D eigenvalue weighted by atomic mass is 16.1. The van der Waals surface area contributed by atoms with E-state index in [9.17, 15) is 4.79 Å². The third-order valence-corrected chi connectivity index (χ3v) is 5.15. The molecule has 152 valence electrons. The van der Waals surface area contributed by atoms with Gasteiger partial charge in [0.2, 0.25) is 0 Å². The summed E-state index contributed by atoms with van der Waals surface area (Å²) in [6, 6.07) is 13.5. The average Bonchev–Trinajstić information content (AvgIpc) is 2.71. The molecule has 0 bridgehead atoms. The molecule has 1 amide bonds. The molecule has 6 heteroatoms. The van der Waals surface area contributed by atoms with Crippen molar-refractivity contribution >= 4 is 17.3 Å². The van der Waals surface area contributed by atoms with Crippen LogP contribution >= 0.6 is 0 Å². The highest BCUT2D eigenvalue weighted by molar-refractivity contribution is 6.08. The summed E-state index contributed by atoms with van der Waals surface area (Å²) in [6.45, 7) is 6.67. The fourth-order valence-electron chi connectivity index (χ4n) is 3.61. The van der Waals surface area contributed by atoms with Gasteiger partial charge in [0.05, 0.1) is 5.56 Å². The Labute approximate surface area is 172 Å². The lowest BCUT2D eigenvalue weighted by molar-refractivity contribution is 0.102. The highest BCUT2D eigenvalue weighted by Gasteiger charge is 2.27. The number of carbonyl (C=O) groups excluding carboxylic acids is 1. The molecule has 1 aliphatic rings. The molecule has 0 spiro atoms. The summed E-state index contributed by atoms with van der Waals surface area (Å²) >= 11 is 0. The number of anilines is 2. The predicted molar refractivity (Wildman–Crippen MR) is 120 cm³/mol. The Bertz CT molecular complexity index is 946. The molecule has 1 aliphatic heterocycles. The number of rotatable bonds is 6. The van der Waals surface area contributed by atoms with E-state index < -0.39 is 0 Å². The molecule has 29 heavy (non-hydrogen) atoms. The van der Waals surface area contributed by atoms with Gasteiger partial charge in [0.25, 0.3) is 5.91 Å². The summed E-state index contributed by atoms with van der Waals surface area (Å²) in [6.07, 6.45) is 4.64. The van der Waals surface area contributed by atoms with Crippen LogP contribution in [0.3, 0.4) is 0 Å². The third kappa shape index (κ3) is 4.78. The Hall–Kier alpha value is -3.25. The molecule has 6 nitrogen and oxygen atoms in total. The SMILES string of the molecule is CC1(C)CNCc2cc(NC(=O)c3ccccc3NCC(/C=C\N)=C/N)ccc21. The fraction of sp³-hybridized carbons (Fsp3) is 0.261. The zero-order valence-electron chi connectivity index (χ0n) is 17.0. The first kappa shape index (κ1) is 20.5. The van der Waals surface area contributed by atoms with Crippen LogP contribution in [-0.4, -0.2) is 19.0 Å². The zero-order valence-corrected chi connectivity index (χ0v) is 17.0. The van der Waals surface area contributed by atoms with E-state index in [0.717, 1.165) is 30.0 Å². The summed E-state index contributed by atoms with van der Waals surface area (Å²) in [7, 11) is 0. The van der Waals surface area contributed by atoms with Crippen LogP contribution in [-0.2, 0) is 12.0 Å². The second-order valence-corrected chi connectivity index (χ2v) is 7.81. The minimum atomic E-state index is -0.163. The van der Waals surface area contributed by atoms with Crippen molar-refractivity contribution in [2.24, 2.45) is 11.5 Å². The summed E-state index contributed by atoms with van der Waals surface area (Å²) in [5.74, 6) is -0.163. The van der Waals surface area contributed by atoms with E-state index in [-0.39, 0.29) is 11.3 Å². The van der Waals surface area contributed by atoms with Gasteiger partial charge in [0.1, 0.15) is 0 Å². The Morgan fingerprint density at radius 1 is 1.21 bits per heavy atom. The van der Waals surface area contributed by atoms with Crippen LogP contribution in [0.5, 0.6) is 0 Å². The Kier molecular flexibility index (Phi) is 6.24. The highest BCUT2D eigenvalue weighted by Crippen LogP contribution is 2.31. The second kappa shape index (κ2) is 8.84. The normalized spacial score (nSPS) is 15.7. The molecule has 3 rings (SSSR count). The Morgan fingerprint density at radius 2 is 2.00 bits per heavy atom. The lowest BCUT2D eigenvalue weighted by atomic mass is 9.79. The van der Waals surface area contributed by atoms with Crippen molar-refractivity contribution in [2.75, 3.05) is 23.7 Å². The number of fused-ring (bicyclic) bond motifs is 1. The van der Waals surface area contributed by atoms with Gasteiger partial charge in [-0.05, 0) is 59.4 Å². The molecule has 7 N–H and O–H groups in total. The topological polar surface area (TPSA) is 105 Å². The predicted octanol–water partition coefficient (Wildman–Crippen LogP) is 3.05. The van der Waals surface area contributed by atoms with E-state index in [2.05, 4.69) is 41.9 Å². The van der Waals surface area contributed by atoms with Crippen LogP contribution < -0.4 is 27.4 Å². The van der Waals surface area contributed by atoms with Crippen molar-refractivity contribution in [3.05, 3.63) is 83.2 Å². The smallest absolute Gasteiger partial charge is 0.257 e. The quantitative estimate of drug-likeness (QED) is 0.487. The van der Waals surface area contributed by atoms with Gasteiger partial charge in [-0.25, -0.2) is 0 Å². The van der Waals surface area contributed by atoms with Gasteiger partial charge in [-0.3, -0.25) is 4.79 Å². The van der Waals surface area contributed by atoms with Crippen LogP contribution in [0, 0.1) is 0 Å². The molecule has 1 heterocycles. The number of amides is 1. The van der Waals surface area contributed by atoms with Crippen molar-refractivity contribution in [2.45, 2.75) is 25.8 Å². The maximum atomic E-state index is 12.9. The maximum absolute atomic E-state index is 12.9. The van der Waals surface area contributed by atoms with Crippen LogP contribution in [0.2, 0.25) is 0 Å². The standard InChI is InChI=1S/C23H29N5O/c1-23(2)15-26-14-17-11-18(7-8-20(17)23)28-22(29)19-5-3-4-6-21(19)27-13-16(12-25)9-10-24/h3-12,26-27H,13-15,24-25H2,1-2H3,(H,28,29)/b10-9-,16-12+. The van der Waals surface area contributed by atoms with Crippen molar-refractivity contribution < 1.29 is 4.79 Å². The molecule has 0 aliphatic carbocycles. The monoisotopic (exact) mass is 391 g/mol. The zero-order chi connectivity index (χ0) is 20.9. The number of benzene rings is 2. The number of para-hydroxylation sites is 1. The van der Waals surface area contributed by atoms with E-state index in [4.69, 9.17) is 11.5 Å². The van der Waals surface area contributed by atoms with Gasteiger partial charge in [0, 0.05) is 36.4 Å². The molecule has 0 radical (unpaired) electrons. The molecule has 0 fully saturated rings. The van der Waals surface area contributed by atoms with E-state index in [1.807, 2.05) is 24.3 Å². The fourth-order valence-corrected chi connectivity index (χ4v) is 3.61. The first-order valence-corrected chi connectivity index (χ1v) is 9.72. The minimum Gasteiger partial charge on any atom is -0.405 e. The van der Waals surface area contributed by atoms with Gasteiger partial charge >= 0.3 is 0 Å². The lowest BCUT2D eigenvalue weighted by Gasteiger charge is -2.33. The van der Waals surface area contributed by atoms with E-state index in [0.29, 0.717) is 12.1 Å². The molecule has 0 saturated carbocycles. The van der Waals surface area contributed by atoms with Gasteiger partial charge in [-0.1, -0.05) is 32.0 Å².